The Morgan fingerprint density at radius 3 is 2.50 bits per heavy atom. The van der Waals surface area contributed by atoms with Gasteiger partial charge < -0.3 is 4.74 Å². The number of alkyl halides is 1. The Hall–Kier alpha value is -0.690. The SMILES string of the molecule is CCC(CCl)Oc1ccccc1. The first-order chi connectivity index (χ1) is 5.86. The normalized spacial score (nSPS) is 12.5. The van der Waals surface area contributed by atoms with Crippen LogP contribution in [0.3, 0.4) is 0 Å². The average Bonchev–Trinajstić information content (AvgIpc) is 2.16. The highest BCUT2D eigenvalue weighted by Crippen LogP contribution is 2.12. The van der Waals surface area contributed by atoms with Crippen molar-refractivity contribution in [2.45, 2.75) is 19.4 Å². The molecule has 1 aromatic rings. The van der Waals surface area contributed by atoms with Crippen LogP contribution < -0.4 is 4.74 Å². The molecule has 12 heavy (non-hydrogen) atoms. The molecule has 0 spiro atoms. The summed E-state index contributed by atoms with van der Waals surface area (Å²) in [7, 11) is 0. The van der Waals surface area contributed by atoms with Gasteiger partial charge in [0.1, 0.15) is 11.9 Å². The fraction of sp³-hybridized carbons (Fsp3) is 0.400. The third kappa shape index (κ3) is 2.74. The topological polar surface area (TPSA) is 9.23 Å². The van der Waals surface area contributed by atoms with Crippen molar-refractivity contribution in [3.63, 3.8) is 0 Å². The van der Waals surface area contributed by atoms with Crippen molar-refractivity contribution < 1.29 is 4.74 Å². The lowest BCUT2D eigenvalue weighted by Crippen LogP contribution is -2.16. The second-order valence-corrected chi connectivity index (χ2v) is 2.92. The van der Waals surface area contributed by atoms with E-state index in [-0.39, 0.29) is 6.10 Å². The molecule has 1 nitrogen and oxygen atoms in total. The lowest BCUT2D eigenvalue weighted by Gasteiger charge is -2.13. The Bertz CT molecular complexity index is 206. The van der Waals surface area contributed by atoms with Crippen LogP contribution in [0, 0.1) is 0 Å². The first-order valence-corrected chi connectivity index (χ1v) is 4.68. The summed E-state index contributed by atoms with van der Waals surface area (Å²) < 4.78 is 5.58. The molecule has 0 N–H and O–H groups in total. The van der Waals surface area contributed by atoms with Gasteiger partial charge in [-0.2, -0.15) is 0 Å². The van der Waals surface area contributed by atoms with Crippen LogP contribution in [-0.2, 0) is 0 Å². The van der Waals surface area contributed by atoms with Crippen molar-refractivity contribution in [1.82, 2.24) is 0 Å². The van der Waals surface area contributed by atoms with Crippen LogP contribution >= 0.6 is 11.6 Å². The van der Waals surface area contributed by atoms with Crippen molar-refractivity contribution in [3.8, 4) is 5.75 Å². The third-order valence-electron chi connectivity index (χ3n) is 1.67. The van der Waals surface area contributed by atoms with Gasteiger partial charge in [-0.1, -0.05) is 25.1 Å². The quantitative estimate of drug-likeness (QED) is 0.654. The minimum atomic E-state index is 0.133. The van der Waals surface area contributed by atoms with E-state index in [4.69, 9.17) is 16.3 Å². The molecule has 0 saturated carbocycles. The van der Waals surface area contributed by atoms with Crippen molar-refractivity contribution in [3.05, 3.63) is 30.3 Å². The lowest BCUT2D eigenvalue weighted by atomic mass is 10.3. The van der Waals surface area contributed by atoms with Gasteiger partial charge in [-0.25, -0.2) is 0 Å². The van der Waals surface area contributed by atoms with Crippen LogP contribution in [0.15, 0.2) is 30.3 Å². The maximum atomic E-state index is 5.69. The molecule has 0 radical (unpaired) electrons. The molecule has 0 heterocycles. The second kappa shape index (κ2) is 5.04. The maximum absolute atomic E-state index is 5.69. The molecule has 0 aromatic heterocycles. The molecule has 0 aliphatic carbocycles. The highest BCUT2D eigenvalue weighted by Gasteiger charge is 2.04. The molecule has 0 bridgehead atoms. The Labute approximate surface area is 78.3 Å². The smallest absolute Gasteiger partial charge is 0.119 e. The molecule has 1 rings (SSSR count). The van der Waals surface area contributed by atoms with Crippen LogP contribution in [0.4, 0.5) is 0 Å². The third-order valence-corrected chi connectivity index (χ3v) is 2.02. The minimum Gasteiger partial charge on any atom is -0.489 e. The second-order valence-electron chi connectivity index (χ2n) is 2.62. The Morgan fingerprint density at radius 2 is 2.00 bits per heavy atom. The molecule has 0 saturated heterocycles. The molecule has 0 amide bonds. The van der Waals surface area contributed by atoms with Crippen LogP contribution in [0.1, 0.15) is 13.3 Å². The molecule has 0 aliphatic rings. The van der Waals surface area contributed by atoms with E-state index >= 15 is 0 Å². The van der Waals surface area contributed by atoms with Gasteiger partial charge in [-0.15, -0.1) is 11.6 Å². The van der Waals surface area contributed by atoms with Crippen LogP contribution in [0.2, 0.25) is 0 Å². The van der Waals surface area contributed by atoms with Gasteiger partial charge >= 0.3 is 0 Å². The van der Waals surface area contributed by atoms with E-state index in [0.717, 1.165) is 12.2 Å². The number of ether oxygens (including phenoxy) is 1. The number of rotatable bonds is 4. The highest BCUT2D eigenvalue weighted by atomic mass is 35.5. The van der Waals surface area contributed by atoms with Crippen LogP contribution in [0.25, 0.3) is 0 Å². The molecule has 0 aliphatic heterocycles. The predicted molar refractivity (Wildman–Crippen MR) is 51.9 cm³/mol. The van der Waals surface area contributed by atoms with Gasteiger partial charge in [0.25, 0.3) is 0 Å². The number of hydrogen-bond acceptors (Lipinski definition) is 1. The van der Waals surface area contributed by atoms with E-state index < -0.39 is 0 Å². The Balaban J connectivity index is 2.51. The van der Waals surface area contributed by atoms with Gasteiger partial charge in [-0.3, -0.25) is 0 Å². The van der Waals surface area contributed by atoms with Gasteiger partial charge in [-0.05, 0) is 18.6 Å². The van der Waals surface area contributed by atoms with Gasteiger partial charge in [0.05, 0.1) is 5.88 Å². The first-order valence-electron chi connectivity index (χ1n) is 4.14. The average molecular weight is 185 g/mol. The Kier molecular flexibility index (Phi) is 3.95. The van der Waals surface area contributed by atoms with Crippen molar-refractivity contribution in [2.24, 2.45) is 0 Å². The van der Waals surface area contributed by atoms with Gasteiger partial charge in [0.15, 0.2) is 0 Å². The largest absolute Gasteiger partial charge is 0.489 e. The summed E-state index contributed by atoms with van der Waals surface area (Å²) in [4.78, 5) is 0. The number of halogens is 1. The van der Waals surface area contributed by atoms with Crippen molar-refractivity contribution >= 4 is 11.6 Å². The molecule has 1 aromatic carbocycles. The van der Waals surface area contributed by atoms with Crippen molar-refractivity contribution in [2.75, 3.05) is 5.88 Å². The van der Waals surface area contributed by atoms with Crippen molar-refractivity contribution in [1.29, 1.82) is 0 Å². The standard InChI is InChI=1S/C10H13ClO/c1-2-9(8-11)12-10-6-4-3-5-7-10/h3-7,9H,2,8H2,1H3. The van der Waals surface area contributed by atoms with E-state index in [2.05, 4.69) is 6.92 Å². The number of benzene rings is 1. The lowest BCUT2D eigenvalue weighted by molar-refractivity contribution is 0.220. The zero-order chi connectivity index (χ0) is 8.81. The Morgan fingerprint density at radius 1 is 1.33 bits per heavy atom. The summed E-state index contributed by atoms with van der Waals surface area (Å²) in [5.74, 6) is 1.44. The molecule has 1 unspecified atom stereocenters. The summed E-state index contributed by atoms with van der Waals surface area (Å²) in [5.41, 5.74) is 0. The zero-order valence-electron chi connectivity index (χ0n) is 7.16. The minimum absolute atomic E-state index is 0.133. The monoisotopic (exact) mass is 184 g/mol. The fourth-order valence-electron chi connectivity index (χ4n) is 0.915. The molecule has 66 valence electrons. The van der Waals surface area contributed by atoms with E-state index in [1.165, 1.54) is 0 Å². The molecular formula is C10H13ClO. The molecule has 0 fully saturated rings. The van der Waals surface area contributed by atoms with E-state index in [1.807, 2.05) is 30.3 Å². The van der Waals surface area contributed by atoms with Gasteiger partial charge in [0.2, 0.25) is 0 Å². The summed E-state index contributed by atoms with van der Waals surface area (Å²) in [6.45, 7) is 2.07. The maximum Gasteiger partial charge on any atom is 0.119 e. The molecule has 2 heteroatoms. The molecular weight excluding hydrogens is 172 g/mol. The zero-order valence-corrected chi connectivity index (χ0v) is 7.92. The van der Waals surface area contributed by atoms with Gasteiger partial charge in [0, 0.05) is 0 Å². The van der Waals surface area contributed by atoms with E-state index in [9.17, 15) is 0 Å². The predicted octanol–water partition coefficient (Wildman–Crippen LogP) is 3.08. The van der Waals surface area contributed by atoms with E-state index in [0.29, 0.717) is 5.88 Å². The number of para-hydroxylation sites is 1. The summed E-state index contributed by atoms with van der Waals surface area (Å²) in [6, 6.07) is 9.76. The van der Waals surface area contributed by atoms with E-state index in [1.54, 1.807) is 0 Å². The van der Waals surface area contributed by atoms with Crippen LogP contribution in [0.5, 0.6) is 5.75 Å². The number of hydrogen-bond donors (Lipinski definition) is 0. The summed E-state index contributed by atoms with van der Waals surface area (Å²) >= 11 is 5.69. The summed E-state index contributed by atoms with van der Waals surface area (Å²) in [6.07, 6.45) is 1.08. The summed E-state index contributed by atoms with van der Waals surface area (Å²) in [5, 5.41) is 0. The van der Waals surface area contributed by atoms with Crippen LogP contribution in [-0.4, -0.2) is 12.0 Å². The molecule has 1 atom stereocenters. The fourth-order valence-corrected chi connectivity index (χ4v) is 1.20. The first kappa shape index (κ1) is 9.40. The highest BCUT2D eigenvalue weighted by molar-refractivity contribution is 6.18.